The molecule has 0 fully saturated rings. The lowest BCUT2D eigenvalue weighted by molar-refractivity contribution is 0.410. The molecule has 0 bridgehead atoms. The van der Waals surface area contributed by atoms with Gasteiger partial charge in [0, 0.05) is 24.7 Å². The van der Waals surface area contributed by atoms with E-state index in [2.05, 4.69) is 75.0 Å². The first-order valence-electron chi connectivity index (χ1n) is 7.71. The second-order valence-corrected chi connectivity index (χ2v) is 6.13. The highest BCUT2D eigenvalue weighted by atomic mass is 16.5. The first kappa shape index (κ1) is 14.7. The number of methoxy groups -OCH3 is 1. The van der Waals surface area contributed by atoms with Crippen molar-refractivity contribution in [3.63, 3.8) is 0 Å². The van der Waals surface area contributed by atoms with Crippen LogP contribution in [0.3, 0.4) is 0 Å². The molecule has 0 aliphatic rings. The van der Waals surface area contributed by atoms with Crippen molar-refractivity contribution in [3.8, 4) is 5.75 Å². The second-order valence-electron chi connectivity index (χ2n) is 6.13. The van der Waals surface area contributed by atoms with Crippen LogP contribution in [-0.4, -0.2) is 11.7 Å². The van der Waals surface area contributed by atoms with Gasteiger partial charge in [-0.05, 0) is 65.8 Å². The van der Waals surface area contributed by atoms with Gasteiger partial charge in [-0.3, -0.25) is 0 Å². The number of ether oxygens (including phenoxy) is 1. The quantitative estimate of drug-likeness (QED) is 0.666. The molecule has 114 valence electrons. The molecule has 0 amide bonds. The summed E-state index contributed by atoms with van der Waals surface area (Å²) in [5, 5.41) is 1.29. The minimum absolute atomic E-state index is 0.345. The number of hydrogen-bond donors (Lipinski definition) is 0. The molecule has 0 N–H and O–H groups in total. The zero-order chi connectivity index (χ0) is 15.9. The number of aromatic nitrogens is 1. The molecule has 0 spiro atoms. The lowest BCUT2D eigenvalue weighted by Gasteiger charge is -2.17. The Morgan fingerprint density at radius 2 is 1.77 bits per heavy atom. The van der Waals surface area contributed by atoms with Gasteiger partial charge in [0.05, 0.1) is 7.11 Å². The zero-order valence-corrected chi connectivity index (χ0v) is 14.0. The van der Waals surface area contributed by atoms with Crippen LogP contribution >= 0.6 is 0 Å². The highest BCUT2D eigenvalue weighted by Gasteiger charge is 2.13. The van der Waals surface area contributed by atoms with Gasteiger partial charge in [0.15, 0.2) is 0 Å². The van der Waals surface area contributed by atoms with Gasteiger partial charge in [0.1, 0.15) is 5.75 Å². The van der Waals surface area contributed by atoms with E-state index in [1.807, 2.05) is 0 Å². The van der Waals surface area contributed by atoms with Crippen molar-refractivity contribution in [1.29, 1.82) is 0 Å². The molecule has 1 aromatic heterocycles. The molecule has 1 atom stereocenters. The largest absolute Gasteiger partial charge is 0.496 e. The molecular weight excluding hydrogens is 270 g/mol. The summed E-state index contributed by atoms with van der Waals surface area (Å²) >= 11 is 0. The maximum absolute atomic E-state index is 5.52. The van der Waals surface area contributed by atoms with Crippen LogP contribution in [0.2, 0.25) is 0 Å². The van der Waals surface area contributed by atoms with Crippen LogP contribution in [0.5, 0.6) is 5.75 Å². The molecule has 3 aromatic rings. The van der Waals surface area contributed by atoms with E-state index in [0.29, 0.717) is 5.92 Å². The molecule has 2 heteroatoms. The summed E-state index contributed by atoms with van der Waals surface area (Å²) in [6, 6.07) is 13.3. The van der Waals surface area contributed by atoms with Crippen molar-refractivity contribution >= 4 is 10.9 Å². The summed E-state index contributed by atoms with van der Waals surface area (Å²) in [7, 11) is 3.83. The van der Waals surface area contributed by atoms with Crippen molar-refractivity contribution in [1.82, 2.24) is 4.57 Å². The predicted octanol–water partition coefficient (Wildman–Crippen LogP) is 4.96. The van der Waals surface area contributed by atoms with Crippen LogP contribution in [0.1, 0.15) is 35.1 Å². The van der Waals surface area contributed by atoms with E-state index >= 15 is 0 Å². The molecule has 0 saturated heterocycles. The topological polar surface area (TPSA) is 14.2 Å². The molecule has 22 heavy (non-hydrogen) atoms. The Morgan fingerprint density at radius 3 is 2.50 bits per heavy atom. The van der Waals surface area contributed by atoms with E-state index < -0.39 is 0 Å². The van der Waals surface area contributed by atoms with Crippen molar-refractivity contribution < 1.29 is 4.74 Å². The Balaban J connectivity index is 2.05. The van der Waals surface area contributed by atoms with E-state index in [1.165, 1.54) is 33.2 Å². The summed E-state index contributed by atoms with van der Waals surface area (Å²) in [4.78, 5) is 0. The predicted molar refractivity (Wildman–Crippen MR) is 92.9 cm³/mol. The molecule has 1 heterocycles. The van der Waals surface area contributed by atoms with Crippen LogP contribution in [0.15, 0.2) is 42.6 Å². The van der Waals surface area contributed by atoms with E-state index in [9.17, 15) is 0 Å². The molecule has 1 unspecified atom stereocenters. The molecule has 2 nitrogen and oxygen atoms in total. The third kappa shape index (κ3) is 2.39. The van der Waals surface area contributed by atoms with E-state index in [0.717, 1.165) is 5.75 Å². The molecule has 0 saturated carbocycles. The summed E-state index contributed by atoms with van der Waals surface area (Å²) in [6.45, 7) is 6.51. The van der Waals surface area contributed by atoms with Gasteiger partial charge in [-0.25, -0.2) is 0 Å². The molecular formula is C20H23NO. The third-order valence-corrected chi connectivity index (χ3v) is 4.77. The average Bonchev–Trinajstić information content (AvgIpc) is 2.90. The van der Waals surface area contributed by atoms with Gasteiger partial charge in [0.25, 0.3) is 0 Å². The van der Waals surface area contributed by atoms with Gasteiger partial charge in [-0.2, -0.15) is 0 Å². The van der Waals surface area contributed by atoms with Crippen molar-refractivity contribution in [3.05, 3.63) is 64.8 Å². The lowest BCUT2D eigenvalue weighted by atomic mass is 9.90. The summed E-state index contributed by atoms with van der Waals surface area (Å²) in [5.41, 5.74) is 6.41. The maximum atomic E-state index is 5.52. The summed E-state index contributed by atoms with van der Waals surface area (Å²) in [6.07, 6.45) is 2.11. The molecule has 2 aromatic carbocycles. The van der Waals surface area contributed by atoms with Crippen LogP contribution in [-0.2, 0) is 7.05 Å². The summed E-state index contributed by atoms with van der Waals surface area (Å²) in [5.74, 6) is 1.32. The first-order chi connectivity index (χ1) is 10.5. The zero-order valence-electron chi connectivity index (χ0n) is 14.0. The third-order valence-electron chi connectivity index (χ3n) is 4.77. The molecule has 0 radical (unpaired) electrons. The highest BCUT2D eigenvalue weighted by molar-refractivity contribution is 5.81. The minimum atomic E-state index is 0.345. The van der Waals surface area contributed by atoms with Crippen LogP contribution in [0.25, 0.3) is 10.9 Å². The number of fused-ring (bicyclic) bond motifs is 1. The lowest BCUT2D eigenvalue weighted by Crippen LogP contribution is -2.00. The van der Waals surface area contributed by atoms with Crippen LogP contribution in [0.4, 0.5) is 0 Å². The second kappa shape index (κ2) is 5.53. The Hall–Kier alpha value is -2.22. The smallest absolute Gasteiger partial charge is 0.122 e. The first-order valence-corrected chi connectivity index (χ1v) is 7.71. The van der Waals surface area contributed by atoms with Gasteiger partial charge >= 0.3 is 0 Å². The van der Waals surface area contributed by atoms with E-state index in [-0.39, 0.29) is 0 Å². The van der Waals surface area contributed by atoms with Crippen molar-refractivity contribution in [2.45, 2.75) is 26.7 Å². The standard InChI is InChI=1S/C20H23NO/c1-13-10-18(12-20(22-5)14(13)2)15(3)16-6-7-19-17(11-16)8-9-21(19)4/h6-12,15H,1-5H3. The Bertz CT molecular complexity index is 829. The molecule has 0 aliphatic heterocycles. The Kier molecular flexibility index (Phi) is 3.69. The number of rotatable bonds is 3. The van der Waals surface area contributed by atoms with Gasteiger partial charge in [0.2, 0.25) is 0 Å². The highest BCUT2D eigenvalue weighted by Crippen LogP contribution is 2.32. The molecule has 0 aliphatic carbocycles. The Morgan fingerprint density at radius 1 is 1.00 bits per heavy atom. The fourth-order valence-corrected chi connectivity index (χ4v) is 3.08. The van der Waals surface area contributed by atoms with Crippen molar-refractivity contribution in [2.75, 3.05) is 7.11 Å². The molecule has 3 rings (SSSR count). The van der Waals surface area contributed by atoms with E-state index in [1.54, 1.807) is 7.11 Å². The number of nitrogens with zero attached hydrogens (tertiary/aromatic N) is 1. The monoisotopic (exact) mass is 293 g/mol. The van der Waals surface area contributed by atoms with Gasteiger partial charge in [-0.15, -0.1) is 0 Å². The summed E-state index contributed by atoms with van der Waals surface area (Å²) < 4.78 is 7.68. The maximum Gasteiger partial charge on any atom is 0.122 e. The van der Waals surface area contributed by atoms with Crippen molar-refractivity contribution in [2.24, 2.45) is 7.05 Å². The van der Waals surface area contributed by atoms with E-state index in [4.69, 9.17) is 4.74 Å². The SMILES string of the molecule is COc1cc(C(C)c2ccc3c(ccn3C)c2)cc(C)c1C. The number of aryl methyl sites for hydroxylation is 2. The fraction of sp³-hybridized carbons (Fsp3) is 0.300. The Labute approximate surface area is 132 Å². The van der Waals surface area contributed by atoms with Crippen LogP contribution in [0, 0.1) is 13.8 Å². The van der Waals surface area contributed by atoms with Gasteiger partial charge in [-0.1, -0.05) is 19.1 Å². The average molecular weight is 293 g/mol. The fourth-order valence-electron chi connectivity index (χ4n) is 3.08. The minimum Gasteiger partial charge on any atom is -0.496 e. The van der Waals surface area contributed by atoms with Gasteiger partial charge < -0.3 is 9.30 Å². The normalized spacial score (nSPS) is 12.6. The number of hydrogen-bond acceptors (Lipinski definition) is 1. The number of benzene rings is 2. The van der Waals surface area contributed by atoms with Crippen LogP contribution < -0.4 is 4.74 Å².